The third kappa shape index (κ3) is 4.29. The first-order chi connectivity index (χ1) is 13.9. The maximum Gasteiger partial charge on any atom is 0.351 e. The van der Waals surface area contributed by atoms with Crippen molar-refractivity contribution >= 4 is 23.9 Å². The highest BCUT2D eigenvalue weighted by molar-refractivity contribution is 7.92. The van der Waals surface area contributed by atoms with Gasteiger partial charge in [-0.15, -0.1) is 3.89 Å². The van der Waals surface area contributed by atoms with Gasteiger partial charge in [0, 0.05) is 29.6 Å². The zero-order chi connectivity index (χ0) is 21.0. The SMILES string of the molecule is CCc1ncn(SF)c1C(C)c1ccc(NC(=O)C(F)(F)c2cccnc2)cc1. The number of alkyl halides is 2. The van der Waals surface area contributed by atoms with Crippen molar-refractivity contribution in [2.45, 2.75) is 32.1 Å². The Morgan fingerprint density at radius 2 is 2.00 bits per heavy atom. The van der Waals surface area contributed by atoms with Gasteiger partial charge >= 0.3 is 5.92 Å². The Morgan fingerprint density at radius 3 is 2.59 bits per heavy atom. The molecular weight excluding hydrogens is 401 g/mol. The number of carbonyl (C=O) groups excluding carboxylic acids is 1. The summed E-state index contributed by atoms with van der Waals surface area (Å²) in [6.45, 7) is 3.85. The second-order valence-electron chi connectivity index (χ2n) is 6.44. The highest BCUT2D eigenvalue weighted by atomic mass is 32.2. The number of hydrogen-bond acceptors (Lipinski definition) is 4. The largest absolute Gasteiger partial charge is 0.351 e. The number of nitrogens with zero attached hydrogens (tertiary/aromatic N) is 3. The van der Waals surface area contributed by atoms with E-state index in [4.69, 9.17) is 0 Å². The second-order valence-corrected chi connectivity index (χ2v) is 6.97. The van der Waals surface area contributed by atoms with Crippen molar-refractivity contribution in [2.24, 2.45) is 0 Å². The zero-order valence-electron chi connectivity index (χ0n) is 15.8. The van der Waals surface area contributed by atoms with Gasteiger partial charge in [-0.3, -0.25) is 9.78 Å². The average molecular weight is 420 g/mol. The lowest BCUT2D eigenvalue weighted by molar-refractivity contribution is -0.141. The first-order valence-corrected chi connectivity index (χ1v) is 9.60. The molecule has 29 heavy (non-hydrogen) atoms. The summed E-state index contributed by atoms with van der Waals surface area (Å²) in [5, 5.41) is 2.23. The number of aromatic nitrogens is 3. The van der Waals surface area contributed by atoms with Crippen molar-refractivity contribution in [3.8, 4) is 0 Å². The van der Waals surface area contributed by atoms with Gasteiger partial charge in [-0.25, -0.2) is 8.96 Å². The average Bonchev–Trinajstić information content (AvgIpc) is 3.17. The number of anilines is 1. The first-order valence-electron chi connectivity index (χ1n) is 8.93. The van der Waals surface area contributed by atoms with Crippen molar-refractivity contribution in [1.82, 2.24) is 13.9 Å². The van der Waals surface area contributed by atoms with Crippen molar-refractivity contribution in [2.75, 3.05) is 5.32 Å². The van der Waals surface area contributed by atoms with Gasteiger partial charge in [0.05, 0.1) is 11.4 Å². The maximum absolute atomic E-state index is 14.3. The van der Waals surface area contributed by atoms with Crippen LogP contribution in [-0.2, 0) is 17.1 Å². The zero-order valence-corrected chi connectivity index (χ0v) is 16.6. The van der Waals surface area contributed by atoms with Gasteiger partial charge < -0.3 is 5.32 Å². The summed E-state index contributed by atoms with van der Waals surface area (Å²) in [7, 11) is 0. The Morgan fingerprint density at radius 1 is 1.28 bits per heavy atom. The lowest BCUT2D eigenvalue weighted by Gasteiger charge is -2.17. The molecule has 1 aromatic carbocycles. The number of imidazole rings is 1. The quantitative estimate of drug-likeness (QED) is 0.578. The van der Waals surface area contributed by atoms with Crippen LogP contribution >= 0.6 is 12.3 Å². The maximum atomic E-state index is 14.3. The molecule has 1 atom stereocenters. The molecule has 1 unspecified atom stereocenters. The molecule has 2 aromatic heterocycles. The molecule has 152 valence electrons. The molecule has 0 fully saturated rings. The Hall–Kier alpha value is -2.81. The Balaban J connectivity index is 1.77. The standard InChI is InChI=1S/C20H19F3N4OS/c1-3-17-18(27(29-23)12-25-17)13(2)14-6-8-16(9-7-14)26-19(28)20(21,22)15-5-4-10-24-11-15/h4-13H,3H2,1-2H3,(H,26,28). The van der Waals surface area contributed by atoms with E-state index >= 15 is 0 Å². The molecule has 1 amide bonds. The van der Waals surface area contributed by atoms with E-state index in [0.29, 0.717) is 6.42 Å². The number of amides is 1. The van der Waals surface area contributed by atoms with Crippen LogP contribution in [0.2, 0.25) is 0 Å². The van der Waals surface area contributed by atoms with E-state index in [-0.39, 0.29) is 23.9 Å². The van der Waals surface area contributed by atoms with Gasteiger partial charge in [-0.1, -0.05) is 26.0 Å². The molecule has 3 rings (SSSR count). The summed E-state index contributed by atoms with van der Waals surface area (Å²) in [6, 6.07) is 8.99. The summed E-state index contributed by atoms with van der Waals surface area (Å²) in [6.07, 6.45) is 4.41. The molecule has 0 aliphatic heterocycles. The van der Waals surface area contributed by atoms with Crippen molar-refractivity contribution in [3.05, 3.63) is 77.6 Å². The predicted molar refractivity (Wildman–Crippen MR) is 106 cm³/mol. The molecule has 5 nitrogen and oxygen atoms in total. The second kappa shape index (κ2) is 8.69. The van der Waals surface area contributed by atoms with Crippen LogP contribution in [0, 0.1) is 0 Å². The fourth-order valence-corrected chi connectivity index (χ4v) is 3.47. The molecule has 0 aliphatic carbocycles. The van der Waals surface area contributed by atoms with E-state index < -0.39 is 17.4 Å². The predicted octanol–water partition coefficient (Wildman–Crippen LogP) is 5.10. The molecular formula is C20H19F3N4OS. The van der Waals surface area contributed by atoms with Crippen LogP contribution in [0.15, 0.2) is 55.1 Å². The molecule has 0 bridgehead atoms. The molecule has 0 saturated heterocycles. The van der Waals surface area contributed by atoms with Crippen LogP contribution in [0.1, 0.15) is 42.3 Å². The summed E-state index contributed by atoms with van der Waals surface area (Å²) in [5.41, 5.74) is 2.12. The van der Waals surface area contributed by atoms with Crippen LogP contribution in [0.25, 0.3) is 0 Å². The number of rotatable bonds is 7. The highest BCUT2D eigenvalue weighted by Crippen LogP contribution is 2.32. The van der Waals surface area contributed by atoms with Gasteiger partial charge in [-0.2, -0.15) is 8.78 Å². The number of aryl methyl sites for hydroxylation is 1. The van der Waals surface area contributed by atoms with E-state index in [1.807, 2.05) is 13.8 Å². The summed E-state index contributed by atoms with van der Waals surface area (Å²) < 4.78 is 43.1. The molecule has 3 aromatic rings. The third-order valence-electron chi connectivity index (χ3n) is 4.65. The van der Waals surface area contributed by atoms with Crippen LogP contribution in [0.5, 0.6) is 0 Å². The minimum atomic E-state index is -3.71. The number of pyridine rings is 1. The van der Waals surface area contributed by atoms with Crippen LogP contribution in [0.3, 0.4) is 0 Å². The van der Waals surface area contributed by atoms with Crippen LogP contribution in [0.4, 0.5) is 18.4 Å². The van der Waals surface area contributed by atoms with Gasteiger partial charge in [0.2, 0.25) is 0 Å². The Bertz CT molecular complexity index is 956. The summed E-state index contributed by atoms with van der Waals surface area (Å²) in [5.74, 6) is -5.31. The lowest BCUT2D eigenvalue weighted by atomic mass is 9.95. The normalized spacial score (nSPS) is 12.6. The molecule has 9 heteroatoms. The van der Waals surface area contributed by atoms with E-state index in [2.05, 4.69) is 15.3 Å². The minimum absolute atomic E-state index is 0.0755. The van der Waals surface area contributed by atoms with Crippen molar-refractivity contribution in [3.63, 3.8) is 0 Å². The van der Waals surface area contributed by atoms with E-state index in [1.54, 1.807) is 12.1 Å². The topological polar surface area (TPSA) is 59.8 Å². The van der Waals surface area contributed by atoms with Crippen molar-refractivity contribution in [1.29, 1.82) is 0 Å². The number of benzene rings is 1. The van der Waals surface area contributed by atoms with Gasteiger partial charge in [-0.05, 0) is 36.2 Å². The third-order valence-corrected chi connectivity index (χ3v) is 5.09. The number of nitrogens with one attached hydrogen (secondary N) is 1. The molecule has 0 aliphatic rings. The molecule has 1 N–H and O–H groups in total. The fraction of sp³-hybridized carbons (Fsp3) is 0.250. The first kappa shape index (κ1) is 20.9. The smallest absolute Gasteiger partial charge is 0.321 e. The van der Waals surface area contributed by atoms with E-state index in [0.717, 1.165) is 29.2 Å². The highest BCUT2D eigenvalue weighted by Gasteiger charge is 2.41. The van der Waals surface area contributed by atoms with Crippen LogP contribution in [-0.4, -0.2) is 19.8 Å². The van der Waals surface area contributed by atoms with Gasteiger partial charge in [0.1, 0.15) is 6.33 Å². The van der Waals surface area contributed by atoms with Crippen molar-refractivity contribution < 1.29 is 17.5 Å². The summed E-state index contributed by atoms with van der Waals surface area (Å²) >= 11 is 0.0755. The van der Waals surface area contributed by atoms with Gasteiger partial charge in [0.15, 0.2) is 12.3 Å². The minimum Gasteiger partial charge on any atom is -0.321 e. The molecule has 2 heterocycles. The van der Waals surface area contributed by atoms with Crippen LogP contribution < -0.4 is 5.32 Å². The number of hydrogen-bond donors (Lipinski definition) is 1. The number of halogens is 3. The molecule has 0 saturated carbocycles. The van der Waals surface area contributed by atoms with E-state index in [9.17, 15) is 17.5 Å². The lowest BCUT2D eigenvalue weighted by Crippen LogP contribution is -2.32. The Kier molecular flexibility index (Phi) is 6.26. The monoisotopic (exact) mass is 420 g/mol. The number of carbonyl (C=O) groups is 1. The van der Waals surface area contributed by atoms with E-state index in [1.165, 1.54) is 34.7 Å². The van der Waals surface area contributed by atoms with Gasteiger partial charge in [0.25, 0.3) is 5.91 Å². The molecule has 0 spiro atoms. The fourth-order valence-electron chi connectivity index (χ4n) is 3.05. The Labute approximate surface area is 170 Å². The molecule has 0 radical (unpaired) electrons. The summed E-state index contributed by atoms with van der Waals surface area (Å²) in [4.78, 5) is 19.9.